The van der Waals surface area contributed by atoms with E-state index < -0.39 is 11.7 Å². The molecule has 0 saturated carbocycles. The lowest BCUT2D eigenvalue weighted by molar-refractivity contribution is -0.168. The van der Waals surface area contributed by atoms with E-state index in [-0.39, 0.29) is 12.3 Å². The molecule has 0 aromatic heterocycles. The number of amides is 1. The van der Waals surface area contributed by atoms with Crippen molar-refractivity contribution in [2.75, 3.05) is 0 Å². The summed E-state index contributed by atoms with van der Waals surface area (Å²) in [6.07, 6.45) is 0. The molecule has 2 aromatic rings. The largest absolute Gasteiger partial charge is 0.353 e. The second-order valence-electron chi connectivity index (χ2n) is 5.34. The molecular weight excluding hydrogens is 280 g/mol. The van der Waals surface area contributed by atoms with Crippen molar-refractivity contribution in [2.45, 2.75) is 19.3 Å². The molecule has 0 saturated heterocycles. The first-order valence-corrected chi connectivity index (χ1v) is 6.95. The topological polar surface area (TPSA) is 73.1 Å². The minimum absolute atomic E-state index is 0.0477. The molecule has 1 aliphatic rings. The molecule has 0 aliphatic carbocycles. The van der Waals surface area contributed by atoms with Crippen LogP contribution < -0.4 is 0 Å². The van der Waals surface area contributed by atoms with Crippen molar-refractivity contribution in [3.63, 3.8) is 0 Å². The molecule has 22 heavy (non-hydrogen) atoms. The highest BCUT2D eigenvalue weighted by Gasteiger charge is 2.49. The van der Waals surface area contributed by atoms with Crippen molar-refractivity contribution < 1.29 is 15.0 Å². The van der Waals surface area contributed by atoms with Crippen molar-refractivity contribution in [1.82, 2.24) is 5.01 Å². The fraction of sp³-hybridized carbons (Fsp3) is 0.176. The standard InChI is InChI=1S/C17H16N2O3/c1-12-7-9-14(10-8-12)15-17(21,22)16(20)19(18-15)11-13-5-3-2-4-6-13/h2-10,21-22H,11H2,1H3. The number of benzene rings is 2. The molecule has 3 rings (SSSR count). The number of aryl methyl sites for hydroxylation is 1. The highest BCUT2D eigenvalue weighted by Crippen LogP contribution is 2.24. The molecule has 2 aromatic carbocycles. The Morgan fingerprint density at radius 2 is 1.68 bits per heavy atom. The molecule has 0 fully saturated rings. The van der Waals surface area contributed by atoms with Crippen LogP contribution in [0.2, 0.25) is 0 Å². The van der Waals surface area contributed by atoms with Crippen molar-refractivity contribution >= 4 is 11.6 Å². The van der Waals surface area contributed by atoms with E-state index in [0.717, 1.165) is 16.1 Å². The lowest BCUT2D eigenvalue weighted by Gasteiger charge is -2.17. The van der Waals surface area contributed by atoms with Crippen LogP contribution >= 0.6 is 0 Å². The van der Waals surface area contributed by atoms with Crippen LogP contribution in [0.25, 0.3) is 0 Å². The van der Waals surface area contributed by atoms with E-state index in [1.54, 1.807) is 12.1 Å². The average molecular weight is 296 g/mol. The van der Waals surface area contributed by atoms with Gasteiger partial charge in [0.2, 0.25) is 0 Å². The van der Waals surface area contributed by atoms with Gasteiger partial charge in [-0.25, -0.2) is 5.01 Å². The minimum atomic E-state index is -2.59. The minimum Gasteiger partial charge on any atom is -0.353 e. The zero-order valence-electron chi connectivity index (χ0n) is 12.1. The van der Waals surface area contributed by atoms with E-state index in [1.807, 2.05) is 49.4 Å². The Labute approximate surface area is 128 Å². The van der Waals surface area contributed by atoms with Crippen LogP contribution in [0.5, 0.6) is 0 Å². The van der Waals surface area contributed by atoms with Crippen molar-refractivity contribution in [3.05, 3.63) is 71.3 Å². The Morgan fingerprint density at radius 3 is 2.32 bits per heavy atom. The molecule has 0 spiro atoms. The van der Waals surface area contributed by atoms with Gasteiger partial charge in [0.1, 0.15) is 5.71 Å². The number of carbonyl (C=O) groups excluding carboxylic acids is 1. The second-order valence-corrected chi connectivity index (χ2v) is 5.34. The van der Waals surface area contributed by atoms with E-state index in [9.17, 15) is 15.0 Å². The summed E-state index contributed by atoms with van der Waals surface area (Å²) in [5, 5.41) is 25.5. The number of carbonyl (C=O) groups is 1. The molecule has 0 unspecified atom stereocenters. The van der Waals surface area contributed by atoms with Crippen LogP contribution in [0.15, 0.2) is 59.7 Å². The van der Waals surface area contributed by atoms with E-state index in [1.165, 1.54) is 0 Å². The third-order valence-electron chi connectivity index (χ3n) is 3.58. The summed E-state index contributed by atoms with van der Waals surface area (Å²) in [5.74, 6) is -3.43. The number of hydrogen-bond acceptors (Lipinski definition) is 4. The molecule has 2 N–H and O–H groups in total. The zero-order chi connectivity index (χ0) is 15.7. The van der Waals surface area contributed by atoms with Crippen molar-refractivity contribution in [1.29, 1.82) is 0 Å². The Balaban J connectivity index is 1.93. The van der Waals surface area contributed by atoms with E-state index in [4.69, 9.17) is 0 Å². The summed E-state index contributed by atoms with van der Waals surface area (Å²) in [5.41, 5.74) is 2.37. The summed E-state index contributed by atoms with van der Waals surface area (Å²) in [6, 6.07) is 16.4. The normalized spacial score (nSPS) is 16.8. The van der Waals surface area contributed by atoms with Gasteiger partial charge in [-0.05, 0) is 12.5 Å². The quantitative estimate of drug-likeness (QED) is 0.841. The van der Waals surface area contributed by atoms with Crippen LogP contribution in [0.4, 0.5) is 0 Å². The Kier molecular flexibility index (Phi) is 3.52. The lowest BCUT2D eigenvalue weighted by Crippen LogP contribution is -2.46. The Morgan fingerprint density at radius 1 is 1.05 bits per heavy atom. The summed E-state index contributed by atoms with van der Waals surface area (Å²) >= 11 is 0. The molecular formula is C17H16N2O3. The van der Waals surface area contributed by atoms with Gasteiger partial charge in [-0.1, -0.05) is 60.2 Å². The first kappa shape index (κ1) is 14.4. The van der Waals surface area contributed by atoms with Crippen molar-refractivity contribution in [2.24, 2.45) is 5.10 Å². The summed E-state index contributed by atoms with van der Waals surface area (Å²) in [7, 11) is 0. The van der Waals surface area contributed by atoms with Crippen LogP contribution in [0.1, 0.15) is 16.7 Å². The van der Waals surface area contributed by atoms with Gasteiger partial charge in [0.25, 0.3) is 5.79 Å². The molecule has 5 heteroatoms. The van der Waals surface area contributed by atoms with E-state index in [2.05, 4.69) is 5.10 Å². The summed E-state index contributed by atoms with van der Waals surface area (Å²) in [6.45, 7) is 2.12. The van der Waals surface area contributed by atoms with Gasteiger partial charge in [0, 0.05) is 5.56 Å². The maximum absolute atomic E-state index is 12.2. The van der Waals surface area contributed by atoms with E-state index in [0.29, 0.717) is 5.56 Å². The van der Waals surface area contributed by atoms with E-state index >= 15 is 0 Å². The number of hydrazone groups is 1. The Hall–Kier alpha value is -2.50. The highest BCUT2D eigenvalue weighted by atomic mass is 16.5. The third kappa shape index (κ3) is 2.52. The van der Waals surface area contributed by atoms with Gasteiger partial charge in [-0.2, -0.15) is 5.10 Å². The first-order chi connectivity index (χ1) is 10.5. The first-order valence-electron chi connectivity index (χ1n) is 6.95. The Bertz CT molecular complexity index is 721. The smallest absolute Gasteiger partial charge is 0.309 e. The molecule has 0 bridgehead atoms. The monoisotopic (exact) mass is 296 g/mol. The highest BCUT2D eigenvalue weighted by molar-refractivity contribution is 6.20. The predicted octanol–water partition coefficient (Wildman–Crippen LogP) is 1.42. The van der Waals surface area contributed by atoms with Gasteiger partial charge in [-0.15, -0.1) is 0 Å². The van der Waals surface area contributed by atoms with Gasteiger partial charge in [-0.3, -0.25) is 4.79 Å². The third-order valence-corrected chi connectivity index (χ3v) is 3.58. The predicted molar refractivity (Wildman–Crippen MR) is 81.9 cm³/mol. The molecule has 1 aliphatic heterocycles. The van der Waals surface area contributed by atoms with Crippen molar-refractivity contribution in [3.8, 4) is 0 Å². The maximum Gasteiger partial charge on any atom is 0.309 e. The fourth-order valence-corrected chi connectivity index (χ4v) is 2.35. The lowest BCUT2D eigenvalue weighted by atomic mass is 10.0. The molecule has 112 valence electrons. The van der Waals surface area contributed by atoms with Gasteiger partial charge >= 0.3 is 5.91 Å². The van der Waals surface area contributed by atoms with Gasteiger partial charge < -0.3 is 10.2 Å². The number of nitrogens with zero attached hydrogens (tertiary/aromatic N) is 2. The van der Waals surface area contributed by atoms with Crippen LogP contribution in [0.3, 0.4) is 0 Å². The molecule has 1 amide bonds. The maximum atomic E-state index is 12.2. The van der Waals surface area contributed by atoms with Crippen LogP contribution in [-0.4, -0.2) is 32.6 Å². The molecule has 0 atom stereocenters. The zero-order valence-corrected chi connectivity index (χ0v) is 12.1. The average Bonchev–Trinajstić information content (AvgIpc) is 2.73. The summed E-state index contributed by atoms with van der Waals surface area (Å²) < 4.78 is 0. The van der Waals surface area contributed by atoms with Crippen LogP contribution in [0, 0.1) is 6.92 Å². The molecule has 5 nitrogen and oxygen atoms in total. The van der Waals surface area contributed by atoms with Crippen LogP contribution in [-0.2, 0) is 11.3 Å². The number of hydrogen-bond donors (Lipinski definition) is 2. The molecule has 0 radical (unpaired) electrons. The summed E-state index contributed by atoms with van der Waals surface area (Å²) in [4.78, 5) is 12.2. The fourth-order valence-electron chi connectivity index (χ4n) is 2.35. The number of rotatable bonds is 3. The molecule has 1 heterocycles. The number of aliphatic hydroxyl groups is 2. The van der Waals surface area contributed by atoms with Gasteiger partial charge in [0.15, 0.2) is 0 Å². The van der Waals surface area contributed by atoms with Gasteiger partial charge in [0.05, 0.1) is 6.54 Å². The second kappa shape index (κ2) is 5.36. The SMILES string of the molecule is Cc1ccc(C2=NN(Cc3ccccc3)C(=O)C2(O)O)cc1.